The minimum Gasteiger partial charge on any atom is -0.356 e. The van der Waals surface area contributed by atoms with Gasteiger partial charge >= 0.3 is 0 Å². The molecule has 4 heteroatoms. The van der Waals surface area contributed by atoms with Gasteiger partial charge in [0.25, 0.3) is 0 Å². The molecule has 16 heavy (non-hydrogen) atoms. The van der Waals surface area contributed by atoms with E-state index in [2.05, 4.69) is 23.5 Å². The third-order valence-electron chi connectivity index (χ3n) is 2.31. The highest BCUT2D eigenvalue weighted by atomic mass is 16.1. The number of hydrogen-bond acceptors (Lipinski definition) is 3. The van der Waals surface area contributed by atoms with Crippen LogP contribution < -0.4 is 16.4 Å². The summed E-state index contributed by atoms with van der Waals surface area (Å²) in [5.74, 6) is 2.69. The Hall–Kier alpha value is -1.05. The molecule has 0 saturated heterocycles. The van der Waals surface area contributed by atoms with Crippen molar-refractivity contribution in [3.63, 3.8) is 0 Å². The van der Waals surface area contributed by atoms with Gasteiger partial charge in [0, 0.05) is 25.6 Å². The maximum Gasteiger partial charge on any atom is 0.221 e. The van der Waals surface area contributed by atoms with E-state index in [0.29, 0.717) is 19.5 Å². The minimum atomic E-state index is -0.0425. The second kappa shape index (κ2) is 9.20. The summed E-state index contributed by atoms with van der Waals surface area (Å²) in [6.07, 6.45) is 7.70. The van der Waals surface area contributed by atoms with Gasteiger partial charge in [-0.25, -0.2) is 0 Å². The summed E-state index contributed by atoms with van der Waals surface area (Å²) in [4.78, 5) is 11.4. The first-order chi connectivity index (χ1) is 7.67. The number of rotatable bonds is 8. The average Bonchev–Trinajstić information content (AvgIpc) is 2.27. The maximum absolute atomic E-state index is 11.4. The molecule has 0 spiro atoms. The summed E-state index contributed by atoms with van der Waals surface area (Å²) >= 11 is 0. The normalized spacial score (nSPS) is 13.9. The smallest absolute Gasteiger partial charge is 0.221 e. The maximum atomic E-state index is 11.4. The van der Waals surface area contributed by atoms with Crippen LogP contribution in [0.2, 0.25) is 0 Å². The second-order valence-electron chi connectivity index (χ2n) is 3.76. The zero-order chi connectivity index (χ0) is 12.4. The standard InChI is InChI=1S/C12H23N3O/c1-4-7-10(5-2)15-11(9-13)8-12(16)14-6-3/h2,10-11,15H,4,6-9,13H2,1,3H3,(H,14,16). The van der Waals surface area contributed by atoms with Gasteiger partial charge in [0.15, 0.2) is 0 Å². The van der Waals surface area contributed by atoms with Gasteiger partial charge in [-0.3, -0.25) is 10.1 Å². The first-order valence-corrected chi connectivity index (χ1v) is 5.86. The Balaban J connectivity index is 4.08. The summed E-state index contributed by atoms with van der Waals surface area (Å²) in [5.41, 5.74) is 5.61. The molecular weight excluding hydrogens is 202 g/mol. The van der Waals surface area contributed by atoms with E-state index >= 15 is 0 Å². The molecule has 0 aliphatic carbocycles. The summed E-state index contributed by atoms with van der Waals surface area (Å²) in [5, 5.41) is 5.97. The molecule has 0 aromatic carbocycles. The average molecular weight is 225 g/mol. The van der Waals surface area contributed by atoms with Crippen molar-refractivity contribution in [3.8, 4) is 12.3 Å². The lowest BCUT2D eigenvalue weighted by molar-refractivity contribution is -0.121. The number of carbonyl (C=O) groups excluding carboxylic acids is 1. The van der Waals surface area contributed by atoms with E-state index in [4.69, 9.17) is 12.2 Å². The topological polar surface area (TPSA) is 67.1 Å². The lowest BCUT2D eigenvalue weighted by atomic mass is 10.1. The van der Waals surface area contributed by atoms with Crippen molar-refractivity contribution in [2.75, 3.05) is 13.1 Å². The van der Waals surface area contributed by atoms with Crippen LogP contribution in [0.25, 0.3) is 0 Å². The molecule has 0 aliphatic rings. The molecule has 1 amide bonds. The fourth-order valence-corrected chi connectivity index (χ4v) is 1.49. The number of terminal acetylenes is 1. The molecular formula is C12H23N3O. The first-order valence-electron chi connectivity index (χ1n) is 5.86. The molecule has 2 unspecified atom stereocenters. The van der Waals surface area contributed by atoms with Gasteiger partial charge in [0.2, 0.25) is 5.91 Å². The van der Waals surface area contributed by atoms with E-state index in [9.17, 15) is 4.79 Å². The largest absolute Gasteiger partial charge is 0.356 e. The minimum absolute atomic E-state index is 0.00739. The number of carbonyl (C=O) groups is 1. The summed E-state index contributed by atoms with van der Waals surface area (Å²) in [6, 6.07) is -0.0351. The van der Waals surface area contributed by atoms with E-state index in [-0.39, 0.29) is 18.0 Å². The summed E-state index contributed by atoms with van der Waals surface area (Å²) in [6.45, 7) is 5.03. The van der Waals surface area contributed by atoms with Gasteiger partial charge in [0.1, 0.15) is 0 Å². The fraction of sp³-hybridized carbons (Fsp3) is 0.750. The molecule has 0 aliphatic heterocycles. The van der Waals surface area contributed by atoms with Crippen molar-refractivity contribution in [3.05, 3.63) is 0 Å². The van der Waals surface area contributed by atoms with Gasteiger partial charge < -0.3 is 11.1 Å². The molecule has 0 aromatic heterocycles. The van der Waals surface area contributed by atoms with Crippen LogP contribution in [0, 0.1) is 12.3 Å². The quantitative estimate of drug-likeness (QED) is 0.518. The lowest BCUT2D eigenvalue weighted by Crippen LogP contribution is -2.45. The van der Waals surface area contributed by atoms with E-state index in [1.54, 1.807) is 0 Å². The predicted octanol–water partition coefficient (Wildman–Crippen LogP) is 0.231. The Morgan fingerprint density at radius 3 is 2.62 bits per heavy atom. The SMILES string of the molecule is C#CC(CCC)NC(CN)CC(=O)NCC. The van der Waals surface area contributed by atoms with Crippen molar-refractivity contribution >= 4 is 5.91 Å². The van der Waals surface area contributed by atoms with Gasteiger partial charge in [0.05, 0.1) is 6.04 Å². The molecule has 0 saturated carbocycles. The van der Waals surface area contributed by atoms with E-state index in [1.165, 1.54) is 0 Å². The monoisotopic (exact) mass is 225 g/mol. The van der Waals surface area contributed by atoms with Crippen LogP contribution in [0.5, 0.6) is 0 Å². The molecule has 0 bridgehead atoms. The van der Waals surface area contributed by atoms with Crippen LogP contribution in [0.15, 0.2) is 0 Å². The Kier molecular flexibility index (Phi) is 8.59. The highest BCUT2D eigenvalue weighted by molar-refractivity contribution is 5.76. The number of hydrogen-bond donors (Lipinski definition) is 3. The molecule has 0 aromatic rings. The molecule has 92 valence electrons. The molecule has 4 N–H and O–H groups in total. The number of nitrogens with one attached hydrogen (secondary N) is 2. The zero-order valence-electron chi connectivity index (χ0n) is 10.3. The third-order valence-corrected chi connectivity index (χ3v) is 2.31. The van der Waals surface area contributed by atoms with Crippen molar-refractivity contribution in [2.24, 2.45) is 5.73 Å². The van der Waals surface area contributed by atoms with E-state index in [1.807, 2.05) is 6.92 Å². The van der Waals surface area contributed by atoms with Gasteiger partial charge in [-0.2, -0.15) is 0 Å². The fourth-order valence-electron chi connectivity index (χ4n) is 1.49. The van der Waals surface area contributed by atoms with Crippen LogP contribution in [0.1, 0.15) is 33.1 Å². The first kappa shape index (κ1) is 14.9. The Morgan fingerprint density at radius 2 is 2.19 bits per heavy atom. The van der Waals surface area contributed by atoms with E-state index in [0.717, 1.165) is 12.8 Å². The van der Waals surface area contributed by atoms with Crippen LogP contribution in [0.4, 0.5) is 0 Å². The Morgan fingerprint density at radius 1 is 1.50 bits per heavy atom. The lowest BCUT2D eigenvalue weighted by Gasteiger charge is -2.20. The zero-order valence-corrected chi connectivity index (χ0v) is 10.3. The van der Waals surface area contributed by atoms with Crippen molar-refractivity contribution in [2.45, 2.75) is 45.2 Å². The molecule has 2 atom stereocenters. The van der Waals surface area contributed by atoms with Gasteiger partial charge in [-0.1, -0.05) is 19.3 Å². The summed E-state index contributed by atoms with van der Waals surface area (Å²) < 4.78 is 0. The molecule has 0 heterocycles. The van der Waals surface area contributed by atoms with Gasteiger partial charge in [-0.15, -0.1) is 6.42 Å². The van der Waals surface area contributed by atoms with Crippen LogP contribution >= 0.6 is 0 Å². The summed E-state index contributed by atoms with van der Waals surface area (Å²) in [7, 11) is 0. The second-order valence-corrected chi connectivity index (χ2v) is 3.76. The molecule has 0 rings (SSSR count). The molecule has 0 fully saturated rings. The Bertz CT molecular complexity index is 235. The van der Waals surface area contributed by atoms with Crippen LogP contribution in [-0.4, -0.2) is 31.1 Å². The van der Waals surface area contributed by atoms with Gasteiger partial charge in [-0.05, 0) is 13.3 Å². The number of amides is 1. The highest BCUT2D eigenvalue weighted by Gasteiger charge is 2.14. The molecule has 0 radical (unpaired) electrons. The predicted molar refractivity (Wildman–Crippen MR) is 66.8 cm³/mol. The van der Waals surface area contributed by atoms with Crippen LogP contribution in [-0.2, 0) is 4.79 Å². The molecule has 4 nitrogen and oxygen atoms in total. The van der Waals surface area contributed by atoms with Crippen molar-refractivity contribution in [1.29, 1.82) is 0 Å². The van der Waals surface area contributed by atoms with Crippen molar-refractivity contribution in [1.82, 2.24) is 10.6 Å². The Labute approximate surface area is 98.4 Å². The van der Waals surface area contributed by atoms with E-state index < -0.39 is 0 Å². The third kappa shape index (κ3) is 6.44. The van der Waals surface area contributed by atoms with Crippen molar-refractivity contribution < 1.29 is 4.79 Å². The highest BCUT2D eigenvalue weighted by Crippen LogP contribution is 1.99. The number of nitrogens with two attached hydrogens (primary N) is 1. The van der Waals surface area contributed by atoms with Crippen LogP contribution in [0.3, 0.4) is 0 Å².